The summed E-state index contributed by atoms with van der Waals surface area (Å²) in [7, 11) is 1.55. The van der Waals surface area contributed by atoms with Gasteiger partial charge in [0.2, 0.25) is 0 Å². The largest absolute Gasteiger partial charge is 0.497 e. The fraction of sp³-hybridized carbons (Fsp3) is 0.192. The lowest BCUT2D eigenvalue weighted by Gasteiger charge is -2.33. The van der Waals surface area contributed by atoms with Crippen molar-refractivity contribution in [3.8, 4) is 11.8 Å². The molecule has 3 aromatic rings. The van der Waals surface area contributed by atoms with Crippen molar-refractivity contribution in [1.82, 2.24) is 4.90 Å². The van der Waals surface area contributed by atoms with E-state index in [9.17, 15) is 19.2 Å². The molecule has 7 nitrogen and oxygen atoms in total. The van der Waals surface area contributed by atoms with Crippen molar-refractivity contribution in [3.63, 3.8) is 0 Å². The van der Waals surface area contributed by atoms with Gasteiger partial charge in [-0.3, -0.25) is 9.69 Å². The summed E-state index contributed by atoms with van der Waals surface area (Å²) in [5.74, 6) is 0.407. The highest BCUT2D eigenvalue weighted by Gasteiger charge is 2.59. The molecule has 1 N–H and O–H groups in total. The van der Waals surface area contributed by atoms with Crippen molar-refractivity contribution in [1.29, 1.82) is 5.26 Å². The SMILES string of the molecule is COc1ccc2c(c1)[C@@]1(SCCN1C(=O)Nc1cccc(F)c1)C(=O)N2Cc1cccc(C#N)c1. The summed E-state index contributed by atoms with van der Waals surface area (Å²) in [6, 6.07) is 19.8. The van der Waals surface area contributed by atoms with Gasteiger partial charge in [-0.05, 0) is 54.1 Å². The molecule has 0 aromatic heterocycles. The molecule has 3 aromatic carbocycles. The number of hydrogen-bond acceptors (Lipinski definition) is 5. The smallest absolute Gasteiger partial charge is 0.323 e. The molecule has 1 fully saturated rings. The molecular formula is C26H21FN4O3S. The van der Waals surface area contributed by atoms with E-state index in [4.69, 9.17) is 4.74 Å². The predicted molar refractivity (Wildman–Crippen MR) is 132 cm³/mol. The van der Waals surface area contributed by atoms with Crippen LogP contribution >= 0.6 is 11.8 Å². The Morgan fingerprint density at radius 1 is 1.20 bits per heavy atom. The minimum Gasteiger partial charge on any atom is -0.497 e. The van der Waals surface area contributed by atoms with Gasteiger partial charge in [0.15, 0.2) is 4.87 Å². The lowest BCUT2D eigenvalue weighted by molar-refractivity contribution is -0.123. The number of benzene rings is 3. The standard InChI is InChI=1S/C26H21FN4O3S/c1-34-21-8-9-23-22(14-21)26(24(32)30(23)16-18-5-2-4-17(12-18)15-28)31(10-11-35-26)25(33)29-20-7-3-6-19(27)13-20/h2-9,12-14H,10-11,16H2,1H3,(H,29,33)/t26-/m1/s1. The maximum atomic E-state index is 14.1. The maximum absolute atomic E-state index is 14.1. The number of methoxy groups -OCH3 is 1. The van der Waals surface area contributed by atoms with Gasteiger partial charge in [0.1, 0.15) is 11.6 Å². The van der Waals surface area contributed by atoms with Crippen molar-refractivity contribution < 1.29 is 18.7 Å². The zero-order valence-corrected chi connectivity index (χ0v) is 19.6. The van der Waals surface area contributed by atoms with Crippen molar-refractivity contribution in [2.75, 3.05) is 29.6 Å². The Morgan fingerprint density at radius 2 is 2.03 bits per heavy atom. The van der Waals surface area contributed by atoms with E-state index in [1.807, 2.05) is 12.1 Å². The second-order valence-corrected chi connectivity index (χ2v) is 9.46. The Balaban J connectivity index is 1.55. The number of fused-ring (bicyclic) bond motifs is 2. The first kappa shape index (κ1) is 22.7. The molecule has 5 rings (SSSR count). The molecule has 9 heteroatoms. The summed E-state index contributed by atoms with van der Waals surface area (Å²) in [6.07, 6.45) is 0. The van der Waals surface area contributed by atoms with Crippen molar-refractivity contribution in [3.05, 3.63) is 89.2 Å². The van der Waals surface area contributed by atoms with Gasteiger partial charge in [0.05, 0.1) is 31.0 Å². The predicted octanol–water partition coefficient (Wildman–Crippen LogP) is 4.69. The highest BCUT2D eigenvalue weighted by Crippen LogP contribution is 2.55. The monoisotopic (exact) mass is 488 g/mol. The van der Waals surface area contributed by atoms with Gasteiger partial charge in [-0.15, -0.1) is 11.8 Å². The number of amides is 3. The quantitative estimate of drug-likeness (QED) is 0.576. The molecule has 2 aliphatic heterocycles. The van der Waals surface area contributed by atoms with Crippen LogP contribution in [0.15, 0.2) is 66.7 Å². The molecule has 2 heterocycles. The van der Waals surface area contributed by atoms with Gasteiger partial charge in [0.25, 0.3) is 5.91 Å². The number of rotatable bonds is 4. The Morgan fingerprint density at radius 3 is 2.80 bits per heavy atom. The van der Waals surface area contributed by atoms with Gasteiger partial charge in [0, 0.05) is 23.5 Å². The average Bonchev–Trinajstić information content (AvgIpc) is 3.41. The molecule has 0 aliphatic carbocycles. The molecule has 0 bridgehead atoms. The van der Waals surface area contributed by atoms with Gasteiger partial charge in [-0.25, -0.2) is 9.18 Å². The Bertz CT molecular complexity index is 1370. The van der Waals surface area contributed by atoms with Crippen molar-refractivity contribution in [2.45, 2.75) is 11.4 Å². The summed E-state index contributed by atoms with van der Waals surface area (Å²) in [4.78, 5) is 29.3. The third kappa shape index (κ3) is 3.86. The van der Waals surface area contributed by atoms with Crippen molar-refractivity contribution >= 4 is 35.1 Å². The number of carbonyl (C=O) groups excluding carboxylic acids is 2. The first-order valence-electron chi connectivity index (χ1n) is 10.9. The Hall–Kier alpha value is -4.03. The molecule has 1 saturated heterocycles. The van der Waals surface area contributed by atoms with E-state index in [0.29, 0.717) is 40.5 Å². The Labute approximate surface area is 206 Å². The van der Waals surface area contributed by atoms with E-state index < -0.39 is 16.7 Å². The first-order chi connectivity index (χ1) is 17.0. The normalized spacial score (nSPS) is 18.5. The van der Waals surface area contributed by atoms with Crippen LogP contribution in [0.4, 0.5) is 20.6 Å². The van der Waals surface area contributed by atoms with Crippen LogP contribution < -0.4 is 15.0 Å². The van der Waals surface area contributed by atoms with Crippen LogP contribution in [0.5, 0.6) is 5.75 Å². The third-order valence-electron chi connectivity index (χ3n) is 6.12. The molecule has 0 saturated carbocycles. The Kier molecular flexibility index (Phi) is 5.83. The molecule has 1 spiro atoms. The van der Waals surface area contributed by atoms with E-state index in [1.165, 1.54) is 34.9 Å². The first-order valence-corrected chi connectivity index (χ1v) is 11.9. The third-order valence-corrected chi connectivity index (χ3v) is 7.54. The van der Waals surface area contributed by atoms with Crippen LogP contribution in [0, 0.1) is 17.1 Å². The molecule has 0 unspecified atom stereocenters. The number of nitriles is 1. The van der Waals surface area contributed by atoms with E-state index in [1.54, 1.807) is 48.4 Å². The lowest BCUT2D eigenvalue weighted by Crippen LogP contribution is -2.51. The van der Waals surface area contributed by atoms with Crippen LogP contribution in [0.25, 0.3) is 0 Å². The number of thioether (sulfide) groups is 1. The number of nitrogens with zero attached hydrogens (tertiary/aromatic N) is 3. The maximum Gasteiger partial charge on any atom is 0.323 e. The average molecular weight is 489 g/mol. The topological polar surface area (TPSA) is 85.7 Å². The fourth-order valence-electron chi connectivity index (χ4n) is 4.56. The summed E-state index contributed by atoms with van der Waals surface area (Å²) >= 11 is 1.39. The van der Waals surface area contributed by atoms with Gasteiger partial charge < -0.3 is 15.0 Å². The molecule has 35 heavy (non-hydrogen) atoms. The van der Waals surface area contributed by atoms with E-state index in [2.05, 4.69) is 11.4 Å². The van der Waals surface area contributed by atoms with Crippen LogP contribution in [-0.2, 0) is 16.2 Å². The van der Waals surface area contributed by atoms with Crippen LogP contribution in [0.3, 0.4) is 0 Å². The van der Waals surface area contributed by atoms with Gasteiger partial charge in [-0.1, -0.05) is 18.2 Å². The summed E-state index contributed by atoms with van der Waals surface area (Å²) in [6.45, 7) is 0.585. The number of ether oxygens (including phenoxy) is 1. The summed E-state index contributed by atoms with van der Waals surface area (Å²) in [5, 5.41) is 12.0. The highest BCUT2D eigenvalue weighted by atomic mass is 32.2. The van der Waals surface area contributed by atoms with E-state index >= 15 is 0 Å². The molecule has 1 atom stereocenters. The second kappa shape index (κ2) is 8.96. The zero-order valence-electron chi connectivity index (χ0n) is 18.8. The summed E-state index contributed by atoms with van der Waals surface area (Å²) in [5.41, 5.74) is 2.95. The number of anilines is 2. The van der Waals surface area contributed by atoms with Crippen LogP contribution in [0.1, 0.15) is 16.7 Å². The number of hydrogen-bond donors (Lipinski definition) is 1. The second-order valence-electron chi connectivity index (χ2n) is 8.17. The van der Waals surface area contributed by atoms with Gasteiger partial charge >= 0.3 is 6.03 Å². The minimum atomic E-state index is -1.28. The number of carbonyl (C=O) groups is 2. The van der Waals surface area contributed by atoms with E-state index in [0.717, 1.165) is 5.56 Å². The lowest BCUT2D eigenvalue weighted by atomic mass is 10.1. The molecule has 2 aliphatic rings. The number of nitrogens with one attached hydrogen (secondary N) is 1. The molecule has 3 amide bonds. The number of halogens is 1. The summed E-state index contributed by atoms with van der Waals surface area (Å²) < 4.78 is 19.1. The zero-order chi connectivity index (χ0) is 24.6. The highest BCUT2D eigenvalue weighted by molar-refractivity contribution is 8.01. The molecule has 0 radical (unpaired) electrons. The van der Waals surface area contributed by atoms with Gasteiger partial charge in [-0.2, -0.15) is 5.26 Å². The molecular weight excluding hydrogens is 467 g/mol. The van der Waals surface area contributed by atoms with Crippen LogP contribution in [0.2, 0.25) is 0 Å². The van der Waals surface area contributed by atoms with E-state index in [-0.39, 0.29) is 12.5 Å². The number of urea groups is 1. The fourth-order valence-corrected chi connectivity index (χ4v) is 6.01. The molecule has 176 valence electrons. The van der Waals surface area contributed by atoms with Crippen molar-refractivity contribution in [2.24, 2.45) is 0 Å². The minimum absolute atomic E-state index is 0.245. The van der Waals surface area contributed by atoms with Crippen LogP contribution in [-0.4, -0.2) is 36.2 Å².